The summed E-state index contributed by atoms with van der Waals surface area (Å²) in [6, 6.07) is -0.783. The van der Waals surface area contributed by atoms with Crippen LogP contribution in [0.5, 0.6) is 0 Å². The van der Waals surface area contributed by atoms with Gasteiger partial charge in [0.2, 0.25) is 11.8 Å². The Balaban J connectivity index is 2.35. The monoisotopic (exact) mass is 269 g/mol. The number of methoxy groups -OCH3 is 2. The van der Waals surface area contributed by atoms with E-state index in [4.69, 9.17) is 0 Å². The molecule has 1 atom stereocenters. The molecule has 7 heteroatoms. The number of rotatable bonds is 3. The Labute approximate surface area is 109 Å². The van der Waals surface area contributed by atoms with Gasteiger partial charge in [-0.3, -0.25) is 24.1 Å². The molecule has 2 rings (SSSR count). The standard InChI is InChI=1S/C12H15NO6/c1-18-10(16)12(11(17)19-2)6-5-7(12)13-8(14)3-4-9(13)15/h7H,3-6H2,1-2H3. The zero-order valence-electron chi connectivity index (χ0n) is 10.8. The Bertz CT molecular complexity index is 425. The molecule has 1 aliphatic heterocycles. The lowest BCUT2D eigenvalue weighted by molar-refractivity contribution is -0.186. The molecule has 7 nitrogen and oxygen atoms in total. The van der Waals surface area contributed by atoms with Gasteiger partial charge in [-0.1, -0.05) is 0 Å². The molecular weight excluding hydrogens is 254 g/mol. The predicted octanol–water partition coefficient (Wildman–Crippen LogP) is -0.370. The summed E-state index contributed by atoms with van der Waals surface area (Å²) in [4.78, 5) is 48.3. The number of carbonyl (C=O) groups excluding carboxylic acids is 4. The van der Waals surface area contributed by atoms with E-state index in [-0.39, 0.29) is 31.1 Å². The smallest absolute Gasteiger partial charge is 0.325 e. The molecule has 1 heterocycles. The number of esters is 2. The highest BCUT2D eigenvalue weighted by atomic mass is 16.5. The molecule has 2 amide bonds. The number of nitrogens with zero attached hydrogens (tertiary/aromatic N) is 1. The summed E-state index contributed by atoms with van der Waals surface area (Å²) in [5.74, 6) is -2.23. The lowest BCUT2D eigenvalue weighted by atomic mass is 9.63. The van der Waals surface area contributed by atoms with Crippen molar-refractivity contribution in [2.24, 2.45) is 5.41 Å². The Morgan fingerprint density at radius 3 is 1.89 bits per heavy atom. The third-order valence-electron chi connectivity index (χ3n) is 3.88. The number of carbonyl (C=O) groups is 4. The first-order valence-electron chi connectivity index (χ1n) is 6.00. The van der Waals surface area contributed by atoms with Crippen molar-refractivity contribution in [3.63, 3.8) is 0 Å². The van der Waals surface area contributed by atoms with Crippen LogP contribution in [0.1, 0.15) is 25.7 Å². The Morgan fingerprint density at radius 2 is 1.58 bits per heavy atom. The van der Waals surface area contributed by atoms with Crippen molar-refractivity contribution < 1.29 is 28.7 Å². The molecule has 0 aromatic heterocycles. The van der Waals surface area contributed by atoms with Crippen molar-refractivity contribution in [2.75, 3.05) is 14.2 Å². The van der Waals surface area contributed by atoms with E-state index in [1.165, 1.54) is 0 Å². The number of amides is 2. The van der Waals surface area contributed by atoms with Gasteiger partial charge in [-0.05, 0) is 12.8 Å². The van der Waals surface area contributed by atoms with E-state index in [2.05, 4.69) is 9.47 Å². The van der Waals surface area contributed by atoms with Crippen LogP contribution >= 0.6 is 0 Å². The molecule has 1 unspecified atom stereocenters. The fourth-order valence-corrected chi connectivity index (χ4v) is 2.78. The first-order valence-corrected chi connectivity index (χ1v) is 6.00. The van der Waals surface area contributed by atoms with Crippen LogP contribution in [0, 0.1) is 5.41 Å². The van der Waals surface area contributed by atoms with Crippen molar-refractivity contribution in [2.45, 2.75) is 31.7 Å². The third kappa shape index (κ3) is 1.72. The molecule has 1 saturated carbocycles. The van der Waals surface area contributed by atoms with Crippen molar-refractivity contribution in [1.29, 1.82) is 0 Å². The van der Waals surface area contributed by atoms with Crippen molar-refractivity contribution in [1.82, 2.24) is 4.90 Å². The molecule has 0 radical (unpaired) electrons. The second kappa shape index (κ2) is 4.64. The molecule has 0 spiro atoms. The van der Waals surface area contributed by atoms with E-state index in [0.29, 0.717) is 6.42 Å². The van der Waals surface area contributed by atoms with Gasteiger partial charge < -0.3 is 9.47 Å². The summed E-state index contributed by atoms with van der Waals surface area (Å²) in [6.45, 7) is 0. The zero-order chi connectivity index (χ0) is 14.2. The predicted molar refractivity (Wildman–Crippen MR) is 60.6 cm³/mol. The first kappa shape index (κ1) is 13.5. The fraction of sp³-hybridized carbons (Fsp3) is 0.667. The Hall–Kier alpha value is -1.92. The molecule has 0 aromatic rings. The van der Waals surface area contributed by atoms with Crippen LogP contribution < -0.4 is 0 Å². The van der Waals surface area contributed by atoms with Crippen LogP contribution in [0.3, 0.4) is 0 Å². The summed E-state index contributed by atoms with van der Waals surface area (Å²) in [6.07, 6.45) is 0.858. The molecule has 0 bridgehead atoms. The molecule has 2 aliphatic rings. The number of imide groups is 1. The third-order valence-corrected chi connectivity index (χ3v) is 3.88. The second-order valence-electron chi connectivity index (χ2n) is 4.67. The minimum Gasteiger partial charge on any atom is -0.468 e. The summed E-state index contributed by atoms with van der Waals surface area (Å²) < 4.78 is 9.30. The van der Waals surface area contributed by atoms with Gasteiger partial charge in [0.25, 0.3) is 0 Å². The largest absolute Gasteiger partial charge is 0.468 e. The number of likely N-dealkylation sites (tertiary alicyclic amines) is 1. The highest BCUT2D eigenvalue weighted by Crippen LogP contribution is 2.47. The van der Waals surface area contributed by atoms with Gasteiger partial charge in [0.1, 0.15) is 0 Å². The molecule has 2 fully saturated rings. The minimum absolute atomic E-state index is 0.119. The number of ether oxygens (including phenoxy) is 2. The summed E-state index contributed by atoms with van der Waals surface area (Å²) in [5, 5.41) is 0. The molecule has 19 heavy (non-hydrogen) atoms. The van der Waals surface area contributed by atoms with Crippen LogP contribution in [0.25, 0.3) is 0 Å². The molecule has 1 saturated heterocycles. The normalized spacial score (nSPS) is 24.9. The van der Waals surface area contributed by atoms with Crippen LogP contribution in [-0.4, -0.2) is 48.9 Å². The average Bonchev–Trinajstić information content (AvgIpc) is 2.69. The van der Waals surface area contributed by atoms with E-state index >= 15 is 0 Å². The molecular formula is C12H15NO6. The Kier molecular flexibility index (Phi) is 3.30. The SMILES string of the molecule is COC(=O)C1(C(=O)OC)CCC1N1C(=O)CCC1=O. The summed E-state index contributed by atoms with van der Waals surface area (Å²) in [7, 11) is 2.33. The maximum absolute atomic E-state index is 11.9. The van der Waals surface area contributed by atoms with Gasteiger partial charge >= 0.3 is 11.9 Å². The first-order chi connectivity index (χ1) is 8.98. The number of hydrogen-bond donors (Lipinski definition) is 0. The highest BCUT2D eigenvalue weighted by Gasteiger charge is 2.64. The van der Waals surface area contributed by atoms with Gasteiger partial charge in [0.05, 0.1) is 20.3 Å². The maximum atomic E-state index is 11.9. The average molecular weight is 269 g/mol. The quantitative estimate of drug-likeness (QED) is 0.394. The Morgan fingerprint density at radius 1 is 1.11 bits per heavy atom. The summed E-state index contributed by atoms with van der Waals surface area (Å²) >= 11 is 0. The van der Waals surface area contributed by atoms with Gasteiger partial charge in [0.15, 0.2) is 5.41 Å². The second-order valence-corrected chi connectivity index (χ2v) is 4.67. The lowest BCUT2D eigenvalue weighted by Crippen LogP contribution is -2.64. The molecule has 1 aliphatic carbocycles. The highest BCUT2D eigenvalue weighted by molar-refractivity contribution is 6.07. The zero-order valence-corrected chi connectivity index (χ0v) is 10.8. The van der Waals surface area contributed by atoms with E-state index in [1.54, 1.807) is 0 Å². The maximum Gasteiger partial charge on any atom is 0.325 e. The van der Waals surface area contributed by atoms with Crippen LogP contribution in [-0.2, 0) is 28.7 Å². The van der Waals surface area contributed by atoms with Crippen molar-refractivity contribution >= 4 is 23.8 Å². The molecule has 0 N–H and O–H groups in total. The van der Waals surface area contributed by atoms with E-state index in [0.717, 1.165) is 19.1 Å². The molecule has 104 valence electrons. The van der Waals surface area contributed by atoms with Gasteiger partial charge in [-0.2, -0.15) is 0 Å². The fourth-order valence-electron chi connectivity index (χ4n) is 2.78. The van der Waals surface area contributed by atoms with Crippen LogP contribution in [0.2, 0.25) is 0 Å². The van der Waals surface area contributed by atoms with E-state index in [9.17, 15) is 19.2 Å². The molecule has 0 aromatic carbocycles. The minimum atomic E-state index is -1.56. The van der Waals surface area contributed by atoms with Gasteiger partial charge in [0, 0.05) is 12.8 Å². The van der Waals surface area contributed by atoms with E-state index in [1.807, 2.05) is 0 Å². The van der Waals surface area contributed by atoms with Gasteiger partial charge in [-0.25, -0.2) is 0 Å². The van der Waals surface area contributed by atoms with E-state index < -0.39 is 23.4 Å². The van der Waals surface area contributed by atoms with Crippen molar-refractivity contribution in [3.8, 4) is 0 Å². The lowest BCUT2D eigenvalue weighted by Gasteiger charge is -2.47. The van der Waals surface area contributed by atoms with Gasteiger partial charge in [-0.15, -0.1) is 0 Å². The summed E-state index contributed by atoms with van der Waals surface area (Å²) in [5.41, 5.74) is -1.56. The topological polar surface area (TPSA) is 90.0 Å². The number of hydrogen-bond acceptors (Lipinski definition) is 6. The van der Waals surface area contributed by atoms with Crippen LogP contribution in [0.4, 0.5) is 0 Å². The van der Waals surface area contributed by atoms with Crippen LogP contribution in [0.15, 0.2) is 0 Å². The van der Waals surface area contributed by atoms with Crippen molar-refractivity contribution in [3.05, 3.63) is 0 Å².